The molecule has 65 heavy (non-hydrogen) atoms. The second-order valence-corrected chi connectivity index (χ2v) is 19.4. The van der Waals surface area contributed by atoms with Crippen molar-refractivity contribution in [3.8, 4) is 0 Å². The van der Waals surface area contributed by atoms with Crippen LogP contribution in [0.25, 0.3) is 0 Å². The fraction of sp³-hybridized carbons (Fsp3) is 0.462. The molecule has 0 unspecified atom stereocenters. The van der Waals surface area contributed by atoms with Gasteiger partial charge in [-0.2, -0.15) is 0 Å². The summed E-state index contributed by atoms with van der Waals surface area (Å²) in [5.74, 6) is -1.75. The molecule has 11 nitrogen and oxygen atoms in total. The Kier molecular flexibility index (Phi) is 22.2. The van der Waals surface area contributed by atoms with Crippen molar-refractivity contribution in [2.45, 2.75) is 143 Å². The van der Waals surface area contributed by atoms with E-state index in [1.807, 2.05) is 18.2 Å². The van der Waals surface area contributed by atoms with E-state index in [0.29, 0.717) is 24.7 Å². The van der Waals surface area contributed by atoms with Crippen LogP contribution in [-0.4, -0.2) is 83.1 Å². The van der Waals surface area contributed by atoms with Crippen LogP contribution in [0.4, 0.5) is 11.4 Å². The first-order chi connectivity index (χ1) is 29.8. The molecule has 0 saturated carbocycles. The molecule has 4 aromatic carbocycles. The second kappa shape index (κ2) is 25.5. The normalized spacial score (nSPS) is 17.0. The van der Waals surface area contributed by atoms with Crippen molar-refractivity contribution in [2.75, 3.05) is 25.1 Å². The topological polar surface area (TPSA) is 140 Å². The van der Waals surface area contributed by atoms with E-state index in [1.165, 1.54) is 40.8 Å². The second-order valence-electron chi connectivity index (χ2n) is 19.4. The zero-order chi connectivity index (χ0) is 47.9. The Balaban J connectivity index is 0.000000461. The third-order valence-electron chi connectivity index (χ3n) is 12.0. The molecule has 2 aliphatic heterocycles. The summed E-state index contributed by atoms with van der Waals surface area (Å²) in [7, 11) is 2.77. The molecular weight excluding hydrogens is 826 g/mol. The van der Waals surface area contributed by atoms with Gasteiger partial charge >= 0.3 is 36.9 Å². The average Bonchev–Trinajstić information content (AvgIpc) is 3.18. The number of nitrogens with zero attached hydrogens (tertiary/aromatic N) is 2. The Hall–Kier alpha value is -4.46. The molecule has 0 aliphatic carbocycles. The Labute approximate surface area is 413 Å². The van der Waals surface area contributed by atoms with Crippen molar-refractivity contribution in [1.29, 1.82) is 0 Å². The monoisotopic (exact) mass is 901 g/mol. The van der Waals surface area contributed by atoms with Gasteiger partial charge in [-0.25, -0.2) is 0 Å². The number of rotatable bonds is 9. The fourth-order valence-electron chi connectivity index (χ4n) is 8.29. The quantitative estimate of drug-likeness (QED) is 0.135. The number of carbonyl (C=O) groups is 4. The van der Waals surface area contributed by atoms with Crippen LogP contribution in [-0.2, 0) is 46.0 Å². The largest absolute Gasteiger partial charge is 1.00 e. The van der Waals surface area contributed by atoms with Gasteiger partial charge in [0.1, 0.15) is 5.78 Å². The molecular formula is C52H74BN4NaO7. The van der Waals surface area contributed by atoms with Crippen molar-refractivity contribution in [3.63, 3.8) is 0 Å². The van der Waals surface area contributed by atoms with E-state index in [0.717, 1.165) is 39.3 Å². The maximum atomic E-state index is 11.4. The molecule has 0 radical (unpaired) electrons. The van der Waals surface area contributed by atoms with Gasteiger partial charge in [0.25, 0.3) is 17.9 Å². The molecule has 2 fully saturated rings. The zero-order valence-electron chi connectivity index (χ0n) is 42.6. The van der Waals surface area contributed by atoms with Gasteiger partial charge in [0.2, 0.25) is 0 Å². The molecule has 6 rings (SSSR count). The Morgan fingerprint density at radius 2 is 0.908 bits per heavy atom. The molecule has 348 valence electrons. The number of nitrogens with one attached hydrogen (secondary N) is 1. The summed E-state index contributed by atoms with van der Waals surface area (Å²) in [6, 6.07) is 38.6. The molecule has 4 aromatic rings. The zero-order valence-corrected chi connectivity index (χ0v) is 43.6. The molecule has 3 N–H and O–H groups in total. The van der Waals surface area contributed by atoms with Crippen LogP contribution in [0.3, 0.4) is 0 Å². The number of benzene rings is 4. The third kappa shape index (κ3) is 19.9. The maximum absolute atomic E-state index is 11.4. The number of likely N-dealkylation sites (tertiary alicyclic amines) is 2. The molecule has 13 heteroatoms. The SMILES string of the molecule is CC(=O)OB(OC(C)=O)OC(C)=O.CN1C(C)(C)CC(=O)CC1(C)C.CN1C(C)(C)CC(Nc2ccc(Cc3ccccc3)cc2)CC1(C)C.Nc1ccc(Cc2ccccc2)cc1.[H-].[Na+]. The molecule has 2 saturated heterocycles. The van der Waals surface area contributed by atoms with Gasteiger partial charge in [0.05, 0.1) is 0 Å². The van der Waals surface area contributed by atoms with Gasteiger partial charge in [-0.3, -0.25) is 29.0 Å². The first kappa shape index (κ1) is 56.7. The minimum atomic E-state index is -1.59. The number of ketones is 1. The van der Waals surface area contributed by atoms with E-state index in [2.05, 4.69) is 190 Å². The molecule has 2 aliphatic rings. The first-order valence-corrected chi connectivity index (χ1v) is 22.1. The van der Waals surface area contributed by atoms with E-state index in [1.54, 1.807) is 0 Å². The van der Waals surface area contributed by atoms with E-state index < -0.39 is 25.2 Å². The molecule has 0 atom stereocenters. The van der Waals surface area contributed by atoms with Crippen LogP contribution < -0.4 is 40.6 Å². The summed E-state index contributed by atoms with van der Waals surface area (Å²) >= 11 is 0. The predicted octanol–water partition coefficient (Wildman–Crippen LogP) is 6.82. The number of piperidine rings is 2. The van der Waals surface area contributed by atoms with Crippen LogP contribution in [0.15, 0.2) is 109 Å². The van der Waals surface area contributed by atoms with E-state index in [-0.39, 0.29) is 53.1 Å². The number of anilines is 2. The summed E-state index contributed by atoms with van der Waals surface area (Å²) < 4.78 is 13.0. The standard InChI is InChI=1S/C23H32N2.C13H13N.C10H19NO.C6H9BO6.Na.H/c1-22(2)16-21(17-23(3,4)25(22)5)24-20-13-11-19(12-14-20)15-18-9-7-6-8-10-18;14-13-8-6-12(7-9-13)10-11-4-2-1-3-5-11;1-9(2)6-8(12)7-10(3,4)11(9)5;1-4(8)11-7(12-5(2)9)13-6(3)10;;/h6-14,21,24H,15-17H2,1-5H3;1-9H,10,14H2;6-7H2,1-5H3;1-3H3;;/q;;;;+1;-1. The Morgan fingerprint density at radius 3 is 1.26 bits per heavy atom. The van der Waals surface area contributed by atoms with Crippen LogP contribution in [0.5, 0.6) is 0 Å². The molecule has 0 bridgehead atoms. The summed E-state index contributed by atoms with van der Waals surface area (Å²) in [5.41, 5.74) is 13.5. The molecule has 0 spiro atoms. The summed E-state index contributed by atoms with van der Waals surface area (Å²) in [6.07, 6.45) is 5.67. The Morgan fingerprint density at radius 1 is 0.585 bits per heavy atom. The van der Waals surface area contributed by atoms with Gasteiger partial charge in [-0.15, -0.1) is 0 Å². The van der Waals surface area contributed by atoms with Crippen LogP contribution in [0.2, 0.25) is 0 Å². The van der Waals surface area contributed by atoms with Crippen molar-refractivity contribution < 1.29 is 64.1 Å². The van der Waals surface area contributed by atoms with Crippen molar-refractivity contribution in [2.24, 2.45) is 0 Å². The van der Waals surface area contributed by atoms with E-state index in [4.69, 9.17) is 5.73 Å². The van der Waals surface area contributed by atoms with Gasteiger partial charge in [-0.1, -0.05) is 84.9 Å². The number of nitrogens with two attached hydrogens (primary N) is 1. The smallest absolute Gasteiger partial charge is 1.00 e. The van der Waals surface area contributed by atoms with Gasteiger partial charge in [0.15, 0.2) is 0 Å². The number of nitrogen functional groups attached to an aromatic ring is 1. The summed E-state index contributed by atoms with van der Waals surface area (Å²) in [4.78, 5) is 47.5. The summed E-state index contributed by atoms with van der Waals surface area (Å²) in [6.45, 7) is 21.2. The van der Waals surface area contributed by atoms with Gasteiger partial charge in [0, 0.05) is 73.2 Å². The van der Waals surface area contributed by atoms with Crippen LogP contribution in [0, 0.1) is 0 Å². The average molecular weight is 901 g/mol. The number of carbonyl (C=O) groups excluding carboxylic acids is 4. The number of hydrogen-bond acceptors (Lipinski definition) is 11. The third-order valence-corrected chi connectivity index (χ3v) is 12.0. The van der Waals surface area contributed by atoms with Crippen LogP contribution >= 0.6 is 0 Å². The minimum absolute atomic E-state index is 0. The van der Waals surface area contributed by atoms with Crippen LogP contribution in [0.1, 0.15) is 126 Å². The van der Waals surface area contributed by atoms with E-state index in [9.17, 15) is 19.2 Å². The minimum Gasteiger partial charge on any atom is -1.00 e. The van der Waals surface area contributed by atoms with Crippen molar-refractivity contribution in [3.05, 3.63) is 131 Å². The predicted molar refractivity (Wildman–Crippen MR) is 261 cm³/mol. The van der Waals surface area contributed by atoms with Gasteiger partial charge in [-0.05, 0) is 142 Å². The summed E-state index contributed by atoms with van der Waals surface area (Å²) in [5, 5.41) is 3.78. The fourth-order valence-corrected chi connectivity index (χ4v) is 8.29. The molecule has 0 amide bonds. The Bertz CT molecular complexity index is 2030. The molecule has 0 aromatic heterocycles. The number of Topliss-reactive ketones (excluding diaryl/α,β-unsaturated/α-hetero) is 1. The number of hydrogen-bond donors (Lipinski definition) is 2. The maximum Gasteiger partial charge on any atom is 1.00 e. The molecule has 2 heterocycles. The first-order valence-electron chi connectivity index (χ1n) is 22.1. The van der Waals surface area contributed by atoms with E-state index >= 15 is 0 Å². The van der Waals surface area contributed by atoms with Gasteiger partial charge < -0.3 is 26.4 Å². The van der Waals surface area contributed by atoms with Crippen molar-refractivity contribution >= 4 is 42.4 Å². The van der Waals surface area contributed by atoms with Crippen molar-refractivity contribution in [1.82, 2.24) is 9.80 Å².